The quantitative estimate of drug-likeness (QED) is 0.440. The lowest BCUT2D eigenvalue weighted by Gasteiger charge is -2.39. The number of carbonyl (C=O) groups is 1. The highest BCUT2D eigenvalue weighted by Gasteiger charge is 2.35. The third-order valence-electron chi connectivity index (χ3n) is 1.92. The van der Waals surface area contributed by atoms with Gasteiger partial charge in [0.15, 0.2) is 0 Å². The van der Waals surface area contributed by atoms with Crippen LogP contribution in [-0.4, -0.2) is 27.1 Å². The summed E-state index contributed by atoms with van der Waals surface area (Å²) in [4.78, 5) is 12.5. The Morgan fingerprint density at radius 1 is 1.81 bits per heavy atom. The zero-order valence-electron chi connectivity index (χ0n) is 8.96. The van der Waals surface area contributed by atoms with Gasteiger partial charge in [-0.15, -0.1) is 11.8 Å². The minimum atomic E-state index is 0.0538. The first-order chi connectivity index (χ1) is 7.65. The first-order valence-electron chi connectivity index (χ1n) is 4.82. The number of ether oxygens (including phenoxy) is 1. The Labute approximate surface area is 104 Å². The van der Waals surface area contributed by atoms with Gasteiger partial charge in [0.05, 0.1) is 18.1 Å². The molecule has 4 nitrogen and oxygen atoms in total. The van der Waals surface area contributed by atoms with Gasteiger partial charge in [-0.25, -0.2) is 0 Å². The number of thiocarbonyl (C=S) groups is 1. The van der Waals surface area contributed by atoms with Crippen LogP contribution in [0.15, 0.2) is 24.6 Å². The average Bonchev–Trinajstić information content (AvgIpc) is 2.26. The van der Waals surface area contributed by atoms with Crippen molar-refractivity contribution >= 4 is 35.1 Å². The Morgan fingerprint density at radius 2 is 2.56 bits per heavy atom. The van der Waals surface area contributed by atoms with Crippen molar-refractivity contribution < 1.29 is 9.53 Å². The fourth-order valence-electron chi connectivity index (χ4n) is 1.18. The monoisotopic (exact) mass is 258 g/mol. The topological polar surface area (TPSA) is 55.6 Å². The summed E-state index contributed by atoms with van der Waals surface area (Å²) in [6.07, 6.45) is 7.81. The summed E-state index contributed by atoms with van der Waals surface area (Å²) in [7, 11) is 0. The maximum Gasteiger partial charge on any atom is 0.258 e. The Kier molecular flexibility index (Phi) is 5.34. The van der Waals surface area contributed by atoms with E-state index in [0.717, 1.165) is 12.2 Å². The molecule has 2 N–H and O–H groups in total. The van der Waals surface area contributed by atoms with Gasteiger partial charge in [0.25, 0.3) is 5.17 Å². The van der Waals surface area contributed by atoms with Crippen LogP contribution in [0.3, 0.4) is 0 Å². The third-order valence-corrected chi connectivity index (χ3v) is 3.18. The number of allylic oxidation sites excluding steroid dienone is 1. The summed E-state index contributed by atoms with van der Waals surface area (Å²) in [6, 6.07) is 0. The maximum atomic E-state index is 10.7. The van der Waals surface area contributed by atoms with Crippen molar-refractivity contribution in [1.82, 2.24) is 4.90 Å². The number of thioether (sulfide) groups is 1. The number of nitrogens with two attached hydrogens (primary N) is 1. The number of hydrogen-bond acceptors (Lipinski definition) is 4. The van der Waals surface area contributed by atoms with E-state index in [-0.39, 0.29) is 11.1 Å². The molecule has 1 amide bonds. The van der Waals surface area contributed by atoms with Gasteiger partial charge in [0.1, 0.15) is 0 Å². The van der Waals surface area contributed by atoms with Gasteiger partial charge in [-0.2, -0.15) is 0 Å². The van der Waals surface area contributed by atoms with Crippen LogP contribution in [0.2, 0.25) is 0 Å². The van der Waals surface area contributed by atoms with E-state index in [1.165, 1.54) is 6.26 Å². The second-order valence-electron chi connectivity index (χ2n) is 3.08. The highest BCUT2D eigenvalue weighted by Crippen LogP contribution is 2.32. The zero-order valence-corrected chi connectivity index (χ0v) is 10.6. The molecule has 2 heterocycles. The summed E-state index contributed by atoms with van der Waals surface area (Å²) < 4.78 is 4.52. The van der Waals surface area contributed by atoms with Gasteiger partial charge in [-0.1, -0.05) is 12.2 Å². The highest BCUT2D eigenvalue weighted by atomic mass is 32.2. The number of rotatable bonds is 1. The second-order valence-corrected chi connectivity index (χ2v) is 4.70. The van der Waals surface area contributed by atoms with Crippen LogP contribution in [0.25, 0.3) is 0 Å². The molecule has 6 heteroatoms. The lowest BCUT2D eigenvalue weighted by Crippen LogP contribution is -2.48. The van der Waals surface area contributed by atoms with Gasteiger partial charge in [-0.3, -0.25) is 4.79 Å². The van der Waals surface area contributed by atoms with Gasteiger partial charge < -0.3 is 15.4 Å². The molecule has 16 heavy (non-hydrogen) atoms. The molecule has 1 unspecified atom stereocenters. The predicted octanol–water partition coefficient (Wildman–Crippen LogP) is 1.59. The number of amides is 1. The van der Waals surface area contributed by atoms with Crippen LogP contribution in [0.4, 0.5) is 0 Å². The van der Waals surface area contributed by atoms with E-state index < -0.39 is 0 Å². The van der Waals surface area contributed by atoms with Crippen LogP contribution in [-0.2, 0) is 9.53 Å². The molecule has 88 valence electrons. The zero-order chi connectivity index (χ0) is 12.0. The summed E-state index contributed by atoms with van der Waals surface area (Å²) in [5.74, 6) is 1.33. The molecule has 1 atom stereocenters. The summed E-state index contributed by atoms with van der Waals surface area (Å²) in [5, 5.41) is 0.528. The number of hydrogen-bond donors (Lipinski definition) is 1. The summed E-state index contributed by atoms with van der Waals surface area (Å²) >= 11 is 6.20. The molecule has 0 aromatic rings. The molecule has 0 aromatic carbocycles. The van der Waals surface area contributed by atoms with E-state index >= 15 is 0 Å². The molecule has 1 saturated heterocycles. The average molecular weight is 258 g/mol. The lowest BCUT2D eigenvalue weighted by atomic mass is 10.2. The molecule has 0 spiro atoms. The van der Waals surface area contributed by atoms with Crippen LogP contribution < -0.4 is 5.73 Å². The lowest BCUT2D eigenvalue weighted by molar-refractivity contribution is -0.137. The number of fused-ring (bicyclic) bond motifs is 1. The van der Waals surface area contributed by atoms with Crippen molar-refractivity contribution in [3.8, 4) is 0 Å². The normalized spacial score (nSPS) is 21.9. The number of β-lactam (4-membered cyclic amide) rings is 1. The SMILES string of the molecule is CC=COC(N)=S.O=C1CC2SCC=CN12. The van der Waals surface area contributed by atoms with Gasteiger partial charge in [0, 0.05) is 12.0 Å². The summed E-state index contributed by atoms with van der Waals surface area (Å²) in [6.45, 7) is 1.82. The van der Waals surface area contributed by atoms with Crippen LogP contribution in [0.5, 0.6) is 0 Å². The minimum Gasteiger partial charge on any atom is -0.440 e. The smallest absolute Gasteiger partial charge is 0.258 e. The van der Waals surface area contributed by atoms with Crippen molar-refractivity contribution in [3.63, 3.8) is 0 Å². The van der Waals surface area contributed by atoms with Crippen molar-refractivity contribution in [2.75, 3.05) is 5.75 Å². The van der Waals surface area contributed by atoms with E-state index in [0.29, 0.717) is 5.37 Å². The van der Waals surface area contributed by atoms with E-state index in [9.17, 15) is 4.79 Å². The Hall–Kier alpha value is -1.01. The Bertz CT molecular complexity index is 329. The molecule has 0 aromatic heterocycles. The highest BCUT2D eigenvalue weighted by molar-refractivity contribution is 8.00. The van der Waals surface area contributed by atoms with Crippen LogP contribution in [0.1, 0.15) is 13.3 Å². The molecular formula is C10H14N2O2S2. The maximum absolute atomic E-state index is 10.7. The Balaban J connectivity index is 0.000000168. The second kappa shape index (κ2) is 6.55. The first kappa shape index (κ1) is 13.1. The summed E-state index contributed by atoms with van der Waals surface area (Å²) in [5.41, 5.74) is 4.94. The van der Waals surface area contributed by atoms with E-state index in [2.05, 4.69) is 17.0 Å². The molecule has 0 bridgehead atoms. The number of carbonyl (C=O) groups excluding carboxylic acids is 1. The molecule has 2 aliphatic rings. The van der Waals surface area contributed by atoms with Crippen LogP contribution >= 0.6 is 24.0 Å². The fraction of sp³-hybridized carbons (Fsp3) is 0.400. The predicted molar refractivity (Wildman–Crippen MR) is 69.5 cm³/mol. The number of nitrogens with zero attached hydrogens (tertiary/aromatic N) is 1. The van der Waals surface area contributed by atoms with Crippen molar-refractivity contribution in [2.24, 2.45) is 5.73 Å². The van der Waals surface area contributed by atoms with Gasteiger partial charge in [-0.05, 0) is 19.1 Å². The van der Waals surface area contributed by atoms with Gasteiger partial charge >= 0.3 is 0 Å². The van der Waals surface area contributed by atoms with Crippen LogP contribution in [0, 0.1) is 0 Å². The minimum absolute atomic E-state index is 0.0538. The molecule has 2 aliphatic heterocycles. The van der Waals surface area contributed by atoms with E-state index in [1.54, 1.807) is 11.0 Å². The Morgan fingerprint density at radius 3 is 2.94 bits per heavy atom. The molecule has 2 rings (SSSR count). The largest absolute Gasteiger partial charge is 0.440 e. The van der Waals surface area contributed by atoms with Crippen molar-refractivity contribution in [1.29, 1.82) is 0 Å². The van der Waals surface area contributed by atoms with E-state index in [1.807, 2.05) is 31.0 Å². The van der Waals surface area contributed by atoms with Crippen molar-refractivity contribution in [2.45, 2.75) is 18.7 Å². The third kappa shape index (κ3) is 3.86. The standard InChI is InChI=1S/C6H7NOS.C4H7NOS/c8-5-4-6-7(5)2-1-3-9-6;1-2-3-6-4(5)7/h1-2,6H,3-4H2;2-3H,1H3,(H2,5,7). The van der Waals surface area contributed by atoms with Crippen molar-refractivity contribution in [3.05, 3.63) is 24.6 Å². The fourth-order valence-corrected chi connectivity index (χ4v) is 2.26. The molecular weight excluding hydrogens is 244 g/mol. The van der Waals surface area contributed by atoms with E-state index in [4.69, 9.17) is 5.73 Å². The van der Waals surface area contributed by atoms with Gasteiger partial charge in [0.2, 0.25) is 5.91 Å². The molecule has 0 radical (unpaired) electrons. The molecule has 0 aliphatic carbocycles. The molecule has 1 fully saturated rings. The molecule has 0 saturated carbocycles. The first-order valence-corrected chi connectivity index (χ1v) is 6.27.